The Morgan fingerprint density at radius 1 is 1.38 bits per heavy atom. The van der Waals surface area contributed by atoms with E-state index in [2.05, 4.69) is 41.2 Å². The lowest BCUT2D eigenvalue weighted by Crippen LogP contribution is -2.12. The SMILES string of the molecule is CCC(CC)CNc1ccc(C#N)cc1Br. The first-order valence-electron chi connectivity index (χ1n) is 5.64. The van der Waals surface area contributed by atoms with E-state index < -0.39 is 0 Å². The summed E-state index contributed by atoms with van der Waals surface area (Å²) < 4.78 is 0.956. The summed E-state index contributed by atoms with van der Waals surface area (Å²) >= 11 is 3.47. The van der Waals surface area contributed by atoms with Crippen LogP contribution in [0.15, 0.2) is 22.7 Å². The minimum atomic E-state index is 0.681. The average Bonchev–Trinajstić information content (AvgIpc) is 2.32. The highest BCUT2D eigenvalue weighted by Gasteiger charge is 2.05. The van der Waals surface area contributed by atoms with Gasteiger partial charge in [0.15, 0.2) is 0 Å². The molecule has 0 saturated heterocycles. The van der Waals surface area contributed by atoms with Crippen LogP contribution in [0.5, 0.6) is 0 Å². The van der Waals surface area contributed by atoms with Crippen molar-refractivity contribution in [3.05, 3.63) is 28.2 Å². The highest BCUT2D eigenvalue weighted by atomic mass is 79.9. The summed E-state index contributed by atoms with van der Waals surface area (Å²) in [5, 5.41) is 12.2. The molecule has 0 aliphatic carbocycles. The first kappa shape index (κ1) is 13.1. The second kappa shape index (κ2) is 6.55. The fourth-order valence-electron chi connectivity index (χ4n) is 1.56. The van der Waals surface area contributed by atoms with E-state index in [1.165, 1.54) is 12.8 Å². The van der Waals surface area contributed by atoms with Crippen LogP contribution in [0, 0.1) is 17.2 Å². The van der Waals surface area contributed by atoms with E-state index in [-0.39, 0.29) is 0 Å². The number of hydrogen-bond donors (Lipinski definition) is 1. The number of nitrogens with zero attached hydrogens (tertiary/aromatic N) is 1. The number of halogens is 1. The smallest absolute Gasteiger partial charge is 0.0992 e. The highest BCUT2D eigenvalue weighted by molar-refractivity contribution is 9.10. The predicted molar refractivity (Wildman–Crippen MR) is 71.4 cm³/mol. The van der Waals surface area contributed by atoms with Crippen molar-refractivity contribution >= 4 is 21.6 Å². The molecule has 0 unspecified atom stereocenters. The van der Waals surface area contributed by atoms with E-state index in [1.54, 1.807) is 0 Å². The minimum Gasteiger partial charge on any atom is -0.384 e. The van der Waals surface area contributed by atoms with E-state index in [0.29, 0.717) is 11.5 Å². The van der Waals surface area contributed by atoms with Gasteiger partial charge in [0.2, 0.25) is 0 Å². The van der Waals surface area contributed by atoms with Gasteiger partial charge in [0.05, 0.1) is 11.6 Å². The molecular formula is C13H17BrN2. The maximum atomic E-state index is 8.76. The molecule has 3 heteroatoms. The largest absolute Gasteiger partial charge is 0.384 e. The molecule has 1 N–H and O–H groups in total. The lowest BCUT2D eigenvalue weighted by atomic mass is 10.0. The Bertz CT molecular complexity index is 378. The normalized spacial score (nSPS) is 10.2. The third-order valence-corrected chi connectivity index (χ3v) is 3.49. The number of nitriles is 1. The van der Waals surface area contributed by atoms with Crippen molar-refractivity contribution in [1.29, 1.82) is 5.26 Å². The van der Waals surface area contributed by atoms with Gasteiger partial charge in [-0.2, -0.15) is 5.26 Å². The first-order valence-corrected chi connectivity index (χ1v) is 6.44. The second-order valence-corrected chi connectivity index (χ2v) is 4.72. The van der Waals surface area contributed by atoms with Crippen LogP contribution in [-0.2, 0) is 0 Å². The lowest BCUT2D eigenvalue weighted by Gasteiger charge is -2.15. The molecule has 0 heterocycles. The standard InChI is InChI=1S/C13H17BrN2/c1-3-10(4-2)9-16-13-6-5-11(8-15)7-12(13)14/h5-7,10,16H,3-4,9H2,1-2H3. The van der Waals surface area contributed by atoms with Gasteiger partial charge in [0, 0.05) is 16.7 Å². The van der Waals surface area contributed by atoms with Gasteiger partial charge < -0.3 is 5.32 Å². The zero-order chi connectivity index (χ0) is 12.0. The van der Waals surface area contributed by atoms with Crippen LogP contribution in [0.4, 0.5) is 5.69 Å². The summed E-state index contributed by atoms with van der Waals surface area (Å²) in [5.74, 6) is 0.711. The van der Waals surface area contributed by atoms with Crippen LogP contribution in [-0.4, -0.2) is 6.54 Å². The molecule has 86 valence electrons. The fraction of sp³-hybridized carbons (Fsp3) is 0.462. The second-order valence-electron chi connectivity index (χ2n) is 3.87. The molecule has 1 aromatic carbocycles. The van der Waals surface area contributed by atoms with Gasteiger partial charge in [0.1, 0.15) is 0 Å². The van der Waals surface area contributed by atoms with Crippen molar-refractivity contribution in [3.8, 4) is 6.07 Å². The molecule has 0 aliphatic rings. The average molecular weight is 281 g/mol. The fourth-order valence-corrected chi connectivity index (χ4v) is 2.08. The maximum Gasteiger partial charge on any atom is 0.0992 e. The molecule has 0 saturated carbocycles. The molecule has 0 atom stereocenters. The van der Waals surface area contributed by atoms with Gasteiger partial charge in [-0.1, -0.05) is 26.7 Å². The first-order chi connectivity index (χ1) is 7.71. The predicted octanol–water partition coefficient (Wildman–Crippen LogP) is 4.17. The number of benzene rings is 1. The maximum absolute atomic E-state index is 8.76. The summed E-state index contributed by atoms with van der Waals surface area (Å²) in [6, 6.07) is 7.75. The number of nitrogens with one attached hydrogen (secondary N) is 1. The van der Waals surface area contributed by atoms with Gasteiger partial charge in [-0.25, -0.2) is 0 Å². The molecule has 0 amide bonds. The van der Waals surface area contributed by atoms with Crippen LogP contribution < -0.4 is 5.32 Å². The Morgan fingerprint density at radius 3 is 2.56 bits per heavy atom. The Balaban J connectivity index is 2.65. The van der Waals surface area contributed by atoms with E-state index in [9.17, 15) is 0 Å². The molecule has 0 spiro atoms. The molecule has 0 aliphatic heterocycles. The van der Waals surface area contributed by atoms with Crippen molar-refractivity contribution in [3.63, 3.8) is 0 Å². The van der Waals surface area contributed by atoms with Crippen molar-refractivity contribution in [2.75, 3.05) is 11.9 Å². The van der Waals surface area contributed by atoms with Gasteiger partial charge in [-0.3, -0.25) is 0 Å². The summed E-state index contributed by atoms with van der Waals surface area (Å²) in [6.45, 7) is 5.41. The van der Waals surface area contributed by atoms with Gasteiger partial charge in [-0.15, -0.1) is 0 Å². The zero-order valence-electron chi connectivity index (χ0n) is 9.76. The molecule has 2 nitrogen and oxygen atoms in total. The Hall–Kier alpha value is -1.01. The molecule has 1 rings (SSSR count). The topological polar surface area (TPSA) is 35.8 Å². The van der Waals surface area contributed by atoms with Crippen molar-refractivity contribution in [2.24, 2.45) is 5.92 Å². The van der Waals surface area contributed by atoms with Crippen LogP contribution in [0.25, 0.3) is 0 Å². The molecular weight excluding hydrogens is 264 g/mol. The van der Waals surface area contributed by atoms with Gasteiger partial charge >= 0.3 is 0 Å². The highest BCUT2D eigenvalue weighted by Crippen LogP contribution is 2.24. The number of anilines is 1. The lowest BCUT2D eigenvalue weighted by molar-refractivity contribution is 0.519. The molecule has 0 fully saturated rings. The summed E-state index contributed by atoms with van der Waals surface area (Å²) in [4.78, 5) is 0. The molecule has 0 radical (unpaired) electrons. The minimum absolute atomic E-state index is 0.681. The molecule has 16 heavy (non-hydrogen) atoms. The van der Waals surface area contributed by atoms with E-state index in [0.717, 1.165) is 16.7 Å². The summed E-state index contributed by atoms with van der Waals surface area (Å²) in [5.41, 5.74) is 1.74. The Kier molecular flexibility index (Phi) is 5.34. The van der Waals surface area contributed by atoms with Gasteiger partial charge in [-0.05, 0) is 40.0 Å². The van der Waals surface area contributed by atoms with Crippen molar-refractivity contribution < 1.29 is 0 Å². The molecule has 0 bridgehead atoms. The quantitative estimate of drug-likeness (QED) is 0.879. The zero-order valence-corrected chi connectivity index (χ0v) is 11.3. The van der Waals surface area contributed by atoms with Crippen LogP contribution >= 0.6 is 15.9 Å². The summed E-state index contributed by atoms with van der Waals surface area (Å²) in [6.07, 6.45) is 2.38. The van der Waals surface area contributed by atoms with Crippen molar-refractivity contribution in [1.82, 2.24) is 0 Å². The Morgan fingerprint density at radius 2 is 2.06 bits per heavy atom. The van der Waals surface area contributed by atoms with Crippen LogP contribution in [0.3, 0.4) is 0 Å². The van der Waals surface area contributed by atoms with E-state index in [4.69, 9.17) is 5.26 Å². The Labute approximate surface area is 106 Å². The molecule has 1 aromatic rings. The monoisotopic (exact) mass is 280 g/mol. The third kappa shape index (κ3) is 3.53. The number of hydrogen-bond acceptors (Lipinski definition) is 2. The van der Waals surface area contributed by atoms with Gasteiger partial charge in [0.25, 0.3) is 0 Å². The molecule has 0 aromatic heterocycles. The van der Waals surface area contributed by atoms with E-state index in [1.807, 2.05) is 18.2 Å². The van der Waals surface area contributed by atoms with Crippen LogP contribution in [0.2, 0.25) is 0 Å². The number of rotatable bonds is 5. The third-order valence-electron chi connectivity index (χ3n) is 2.83. The van der Waals surface area contributed by atoms with Crippen molar-refractivity contribution in [2.45, 2.75) is 26.7 Å². The van der Waals surface area contributed by atoms with Crippen LogP contribution in [0.1, 0.15) is 32.3 Å². The van der Waals surface area contributed by atoms with E-state index >= 15 is 0 Å². The summed E-state index contributed by atoms with van der Waals surface area (Å²) in [7, 11) is 0.